The number of hydrogen-bond donors (Lipinski definition) is 2. The Morgan fingerprint density at radius 2 is 1.04 bits per heavy atom. The van der Waals surface area contributed by atoms with Crippen LogP contribution in [0.3, 0.4) is 0 Å². The fraction of sp³-hybridized carbons (Fsp3) is 0.250. The number of benzene rings is 2. The third-order valence-electron chi connectivity index (χ3n) is 2.52. The minimum absolute atomic E-state index is 0.603. The number of ether oxygens (including phenoxy) is 2. The first-order chi connectivity index (χ1) is 11.0. The van der Waals surface area contributed by atoms with Gasteiger partial charge in [0.05, 0.1) is 0 Å². The van der Waals surface area contributed by atoms with Crippen LogP contribution in [0.1, 0.15) is 13.8 Å². The van der Waals surface area contributed by atoms with Crippen LogP contribution in [0.15, 0.2) is 58.3 Å². The lowest BCUT2D eigenvalue weighted by Gasteiger charge is -2.09. The topological polar surface area (TPSA) is 68.2 Å². The van der Waals surface area contributed by atoms with Crippen LogP contribution in [-0.4, -0.2) is 22.8 Å². The van der Waals surface area contributed by atoms with Gasteiger partial charge in [-0.25, -0.2) is 3.63 Å². The van der Waals surface area contributed by atoms with Gasteiger partial charge >= 0.3 is 0 Å². The lowest BCUT2D eigenvalue weighted by Crippen LogP contribution is -2.09. The molecule has 0 radical (unpaired) electrons. The lowest BCUT2D eigenvalue weighted by molar-refractivity contribution is -0.000914. The summed E-state index contributed by atoms with van der Waals surface area (Å²) in [4.78, 5) is 1.84. The number of rotatable bonds is 8. The highest BCUT2D eigenvalue weighted by Gasteiger charge is 2.03. The van der Waals surface area contributed by atoms with Crippen molar-refractivity contribution < 1.29 is 23.3 Å². The van der Waals surface area contributed by atoms with E-state index in [2.05, 4.69) is 0 Å². The van der Waals surface area contributed by atoms with Gasteiger partial charge < -0.3 is 19.7 Å². The van der Waals surface area contributed by atoms with Gasteiger partial charge in [0.25, 0.3) is 0 Å². The average molecular weight is 354 g/mol. The molecule has 0 heterocycles. The van der Waals surface area contributed by atoms with Gasteiger partial charge in [0.15, 0.2) is 12.6 Å². The maximum absolute atomic E-state index is 9.13. The molecule has 124 valence electrons. The van der Waals surface area contributed by atoms with Crippen LogP contribution >= 0.6 is 24.1 Å². The molecule has 0 bridgehead atoms. The van der Waals surface area contributed by atoms with Crippen molar-refractivity contribution in [3.63, 3.8) is 0 Å². The predicted molar refractivity (Wildman–Crippen MR) is 90.3 cm³/mol. The Balaban J connectivity index is 1.78. The van der Waals surface area contributed by atoms with Crippen LogP contribution in [0.4, 0.5) is 0 Å². The van der Waals surface area contributed by atoms with Crippen LogP contribution < -0.4 is 9.47 Å². The highest BCUT2D eigenvalue weighted by molar-refractivity contribution is 8.07. The second kappa shape index (κ2) is 9.05. The summed E-state index contributed by atoms with van der Waals surface area (Å²) in [6.45, 7) is 3.11. The Hall–Kier alpha value is -1.38. The van der Waals surface area contributed by atoms with Crippen LogP contribution in [0.25, 0.3) is 0 Å². The molecule has 2 unspecified atom stereocenters. The molecule has 2 rings (SSSR count). The third kappa shape index (κ3) is 6.72. The van der Waals surface area contributed by atoms with E-state index in [1.165, 1.54) is 24.1 Å². The zero-order chi connectivity index (χ0) is 16.7. The van der Waals surface area contributed by atoms with Crippen molar-refractivity contribution in [1.82, 2.24) is 0 Å². The summed E-state index contributed by atoms with van der Waals surface area (Å²) in [6, 6.07) is 14.5. The molecular formula is C16H18O5S2. The van der Waals surface area contributed by atoms with Crippen molar-refractivity contribution in [3.05, 3.63) is 48.5 Å². The minimum atomic E-state index is -0.832. The van der Waals surface area contributed by atoms with Gasteiger partial charge in [-0.2, -0.15) is 0 Å². The van der Waals surface area contributed by atoms with Crippen molar-refractivity contribution in [2.75, 3.05) is 0 Å². The molecule has 0 aliphatic heterocycles. The molecule has 23 heavy (non-hydrogen) atoms. The SMILES string of the molecule is CC(O)Oc1ccc(SOSc2ccc(OC(C)O)cc2)cc1. The molecule has 0 amide bonds. The number of hydrogen-bond acceptors (Lipinski definition) is 7. The van der Waals surface area contributed by atoms with Crippen LogP contribution in [0.5, 0.6) is 11.5 Å². The Bertz CT molecular complexity index is 531. The van der Waals surface area contributed by atoms with E-state index in [0.29, 0.717) is 11.5 Å². The first-order valence-electron chi connectivity index (χ1n) is 6.94. The summed E-state index contributed by atoms with van der Waals surface area (Å²) >= 11 is 2.46. The highest BCUT2D eigenvalue weighted by Crippen LogP contribution is 2.31. The minimum Gasteiger partial charge on any atom is -0.465 e. The summed E-state index contributed by atoms with van der Waals surface area (Å²) in [5.74, 6) is 1.21. The van der Waals surface area contributed by atoms with Gasteiger partial charge in [0.2, 0.25) is 0 Å². The predicted octanol–water partition coefficient (Wildman–Crippen LogP) is 3.85. The zero-order valence-corrected chi connectivity index (χ0v) is 14.3. The summed E-state index contributed by atoms with van der Waals surface area (Å²) < 4.78 is 15.8. The van der Waals surface area contributed by atoms with E-state index in [4.69, 9.17) is 23.3 Å². The lowest BCUT2D eigenvalue weighted by atomic mass is 10.3. The first-order valence-corrected chi connectivity index (χ1v) is 8.42. The summed E-state index contributed by atoms with van der Waals surface area (Å²) in [5.41, 5.74) is 0. The van der Waals surface area contributed by atoms with Gasteiger partial charge in [0, 0.05) is 33.9 Å². The van der Waals surface area contributed by atoms with Gasteiger partial charge in [-0.3, -0.25) is 0 Å². The maximum Gasteiger partial charge on any atom is 0.194 e. The Kier molecular flexibility index (Phi) is 7.07. The van der Waals surface area contributed by atoms with Gasteiger partial charge in [-0.15, -0.1) is 0 Å². The maximum atomic E-state index is 9.13. The van der Waals surface area contributed by atoms with Crippen LogP contribution in [0.2, 0.25) is 0 Å². The molecule has 5 nitrogen and oxygen atoms in total. The molecule has 7 heteroatoms. The van der Waals surface area contributed by atoms with E-state index in [-0.39, 0.29) is 0 Å². The molecule has 2 N–H and O–H groups in total. The molecule has 0 saturated heterocycles. The van der Waals surface area contributed by atoms with Crippen molar-refractivity contribution in [2.24, 2.45) is 0 Å². The zero-order valence-electron chi connectivity index (χ0n) is 12.7. The quantitative estimate of drug-likeness (QED) is 0.551. The monoisotopic (exact) mass is 354 g/mol. The normalized spacial score (nSPS) is 13.4. The molecule has 0 fully saturated rings. The standard InChI is InChI=1S/C16H18O5S2/c1-11(17)19-13-3-7-15(8-4-13)22-21-23-16-9-5-14(6-10-16)20-12(2)18/h3-12,17-18H,1-2H3. The molecule has 2 aromatic rings. The fourth-order valence-corrected chi connectivity index (χ4v) is 2.90. The van der Waals surface area contributed by atoms with E-state index >= 15 is 0 Å². The Morgan fingerprint density at radius 1 is 0.696 bits per heavy atom. The van der Waals surface area contributed by atoms with Crippen LogP contribution in [0, 0.1) is 0 Å². The smallest absolute Gasteiger partial charge is 0.194 e. The molecule has 0 aliphatic rings. The van der Waals surface area contributed by atoms with E-state index in [1.807, 2.05) is 24.3 Å². The van der Waals surface area contributed by atoms with Gasteiger partial charge in [-0.1, -0.05) is 0 Å². The number of aliphatic hydroxyl groups excluding tert-OH is 2. The molecular weight excluding hydrogens is 336 g/mol. The van der Waals surface area contributed by atoms with E-state index in [0.717, 1.165) is 9.79 Å². The van der Waals surface area contributed by atoms with E-state index in [1.54, 1.807) is 38.1 Å². The van der Waals surface area contributed by atoms with E-state index in [9.17, 15) is 0 Å². The second-order valence-electron chi connectivity index (χ2n) is 4.61. The molecule has 0 saturated carbocycles. The fourth-order valence-electron chi connectivity index (χ4n) is 1.64. The second-order valence-corrected chi connectivity index (χ2v) is 6.43. The number of aliphatic hydroxyl groups is 2. The first kappa shape index (κ1) is 18.0. The molecule has 0 aliphatic carbocycles. The average Bonchev–Trinajstić information content (AvgIpc) is 2.50. The highest BCUT2D eigenvalue weighted by atomic mass is 32.2. The Labute approximate surface area is 144 Å². The van der Waals surface area contributed by atoms with Crippen LogP contribution in [-0.2, 0) is 3.63 Å². The van der Waals surface area contributed by atoms with Gasteiger partial charge in [0.1, 0.15) is 11.5 Å². The third-order valence-corrected chi connectivity index (χ3v) is 3.99. The van der Waals surface area contributed by atoms with Crippen molar-refractivity contribution in [2.45, 2.75) is 36.2 Å². The van der Waals surface area contributed by atoms with Crippen molar-refractivity contribution in [3.8, 4) is 11.5 Å². The largest absolute Gasteiger partial charge is 0.465 e. The molecule has 0 spiro atoms. The van der Waals surface area contributed by atoms with Crippen molar-refractivity contribution >= 4 is 24.1 Å². The summed E-state index contributed by atoms with van der Waals surface area (Å²) in [7, 11) is 0. The van der Waals surface area contributed by atoms with Crippen molar-refractivity contribution in [1.29, 1.82) is 0 Å². The van der Waals surface area contributed by atoms with Gasteiger partial charge in [-0.05, 0) is 62.4 Å². The summed E-state index contributed by atoms with van der Waals surface area (Å²) in [5, 5.41) is 18.3. The molecule has 2 aromatic carbocycles. The molecule has 2 atom stereocenters. The summed E-state index contributed by atoms with van der Waals surface area (Å²) in [6.07, 6.45) is -1.66. The Morgan fingerprint density at radius 3 is 1.35 bits per heavy atom. The molecule has 0 aromatic heterocycles. The van der Waals surface area contributed by atoms with E-state index < -0.39 is 12.6 Å².